The van der Waals surface area contributed by atoms with Crippen molar-refractivity contribution in [3.8, 4) is 0 Å². The summed E-state index contributed by atoms with van der Waals surface area (Å²) < 4.78 is 22.9. The van der Waals surface area contributed by atoms with Crippen molar-refractivity contribution in [1.29, 1.82) is 0 Å². The molecule has 1 amide bonds. The molecule has 0 saturated carbocycles. The molecule has 0 aromatic heterocycles. The first-order chi connectivity index (χ1) is 42.6. The summed E-state index contributed by atoms with van der Waals surface area (Å²) in [6.07, 6.45) is 56.8. The van der Waals surface area contributed by atoms with Crippen LogP contribution in [0, 0.1) is 0 Å². The second-order valence-corrected chi connectivity index (χ2v) is 26.4. The molecule has 0 aromatic carbocycles. The molecule has 0 bridgehead atoms. The molecule has 0 aromatic rings. The summed E-state index contributed by atoms with van der Waals surface area (Å²) in [6, 6.07) is -0.930. The van der Waals surface area contributed by atoms with E-state index in [0.29, 0.717) is 12.8 Å². The highest BCUT2D eigenvalue weighted by Gasteiger charge is 2.51. The van der Waals surface area contributed by atoms with Gasteiger partial charge in [0.25, 0.3) is 0 Å². The Morgan fingerprint density at radius 2 is 0.736 bits per heavy atom. The fourth-order valence-electron chi connectivity index (χ4n) is 12.5. The van der Waals surface area contributed by atoms with E-state index in [1.807, 2.05) is 6.08 Å². The van der Waals surface area contributed by atoms with Gasteiger partial charge in [-0.05, 0) is 32.1 Å². The summed E-state index contributed by atoms with van der Waals surface area (Å²) >= 11 is 0. The van der Waals surface area contributed by atoms with Crippen molar-refractivity contribution in [3.05, 3.63) is 24.3 Å². The highest BCUT2D eigenvalue weighted by atomic mass is 16.7. The van der Waals surface area contributed by atoms with Crippen molar-refractivity contribution in [1.82, 2.24) is 5.32 Å². The molecule has 0 spiro atoms. The molecule has 14 heteroatoms. The zero-order valence-electron chi connectivity index (χ0n) is 56.0. The average molecular weight is 1240 g/mol. The molecule has 14 nitrogen and oxygen atoms in total. The number of nitrogens with one attached hydrogen (secondary N) is 1. The van der Waals surface area contributed by atoms with E-state index in [0.717, 1.165) is 32.1 Å². The summed E-state index contributed by atoms with van der Waals surface area (Å²) in [5.41, 5.74) is 0. The molecule has 87 heavy (non-hydrogen) atoms. The Morgan fingerprint density at radius 1 is 0.402 bits per heavy atom. The van der Waals surface area contributed by atoms with E-state index >= 15 is 0 Å². The third-order valence-corrected chi connectivity index (χ3v) is 18.4. The largest absolute Gasteiger partial charge is 0.394 e. The Balaban J connectivity index is 1.67. The Hall–Kier alpha value is -1.53. The fraction of sp³-hybridized carbons (Fsp3) is 0.932. The normalized spacial score (nSPS) is 23.3. The first-order valence-electron chi connectivity index (χ1n) is 37.1. The second-order valence-electron chi connectivity index (χ2n) is 26.4. The molecular weight excluding hydrogens is 1100 g/mol. The van der Waals surface area contributed by atoms with E-state index < -0.39 is 86.8 Å². The second kappa shape index (κ2) is 58.3. The van der Waals surface area contributed by atoms with Gasteiger partial charge in [0.1, 0.15) is 48.8 Å². The van der Waals surface area contributed by atoms with Crippen molar-refractivity contribution in [2.45, 2.75) is 415 Å². The predicted molar refractivity (Wildman–Crippen MR) is 355 cm³/mol. The quantitative estimate of drug-likeness (QED) is 0.0204. The minimum atomic E-state index is -1.79. The van der Waals surface area contributed by atoms with E-state index in [-0.39, 0.29) is 18.9 Å². The molecule has 0 radical (unpaired) electrons. The maximum absolute atomic E-state index is 13.3. The Bertz CT molecular complexity index is 1550. The molecule has 2 heterocycles. The van der Waals surface area contributed by atoms with E-state index in [9.17, 15) is 45.6 Å². The molecule has 9 N–H and O–H groups in total. The molecule has 12 unspecified atom stereocenters. The number of carbonyl (C=O) groups excluding carboxylic acids is 1. The minimum Gasteiger partial charge on any atom is -0.394 e. The smallest absolute Gasteiger partial charge is 0.220 e. The minimum absolute atomic E-state index is 0.241. The Labute approximate surface area is 532 Å². The van der Waals surface area contributed by atoms with Crippen LogP contribution in [0.15, 0.2) is 24.3 Å². The maximum Gasteiger partial charge on any atom is 0.220 e. The van der Waals surface area contributed by atoms with Crippen molar-refractivity contribution < 1.29 is 64.6 Å². The summed E-state index contributed by atoms with van der Waals surface area (Å²) in [5.74, 6) is -0.241. The van der Waals surface area contributed by atoms with Crippen LogP contribution in [0.25, 0.3) is 0 Å². The lowest BCUT2D eigenvalue weighted by Crippen LogP contribution is -2.65. The van der Waals surface area contributed by atoms with Crippen LogP contribution in [0.3, 0.4) is 0 Å². The van der Waals surface area contributed by atoms with Gasteiger partial charge in [-0.25, -0.2) is 0 Å². The number of aliphatic hydroxyl groups excluding tert-OH is 8. The zero-order valence-corrected chi connectivity index (χ0v) is 56.0. The van der Waals surface area contributed by atoms with Crippen LogP contribution < -0.4 is 5.32 Å². The number of unbranched alkanes of at least 4 members (excludes halogenated alkanes) is 47. The molecule has 0 aliphatic carbocycles. The molecule has 514 valence electrons. The van der Waals surface area contributed by atoms with E-state index in [4.69, 9.17) is 18.9 Å². The summed E-state index contributed by atoms with van der Waals surface area (Å²) in [5, 5.41) is 87.5. The van der Waals surface area contributed by atoms with Gasteiger partial charge in [0.05, 0.1) is 32.0 Å². The molecular formula is C73H139NO13. The average Bonchev–Trinajstić information content (AvgIpc) is 2.33. The van der Waals surface area contributed by atoms with Gasteiger partial charge in [0, 0.05) is 6.42 Å². The van der Waals surface area contributed by atoms with Gasteiger partial charge < -0.3 is 65.1 Å². The van der Waals surface area contributed by atoms with Gasteiger partial charge in [-0.3, -0.25) is 4.79 Å². The Kier molecular flexibility index (Phi) is 54.7. The first kappa shape index (κ1) is 81.6. The lowest BCUT2D eigenvalue weighted by molar-refractivity contribution is -0.359. The Morgan fingerprint density at radius 3 is 1.13 bits per heavy atom. The lowest BCUT2D eigenvalue weighted by Gasteiger charge is -2.46. The van der Waals surface area contributed by atoms with Gasteiger partial charge in [0.15, 0.2) is 12.6 Å². The molecule has 12 atom stereocenters. The highest BCUT2D eigenvalue weighted by molar-refractivity contribution is 5.76. The van der Waals surface area contributed by atoms with Gasteiger partial charge in [-0.1, -0.05) is 327 Å². The van der Waals surface area contributed by atoms with Crippen LogP contribution in [0.1, 0.15) is 341 Å². The molecule has 2 aliphatic rings. The van der Waals surface area contributed by atoms with Crippen LogP contribution in [0.2, 0.25) is 0 Å². The van der Waals surface area contributed by atoms with E-state index in [1.54, 1.807) is 6.08 Å². The monoisotopic (exact) mass is 1240 g/mol. The first-order valence-corrected chi connectivity index (χ1v) is 37.1. The van der Waals surface area contributed by atoms with Crippen molar-refractivity contribution >= 4 is 5.91 Å². The van der Waals surface area contributed by atoms with Crippen LogP contribution in [-0.4, -0.2) is 140 Å². The molecule has 2 rings (SSSR count). The van der Waals surface area contributed by atoms with Gasteiger partial charge >= 0.3 is 0 Å². The summed E-state index contributed by atoms with van der Waals surface area (Å²) in [6.45, 7) is 2.85. The van der Waals surface area contributed by atoms with Crippen molar-refractivity contribution in [2.24, 2.45) is 0 Å². The zero-order chi connectivity index (χ0) is 63.1. The number of hydrogen-bond donors (Lipinski definition) is 9. The number of hydrogen-bond acceptors (Lipinski definition) is 13. The number of aliphatic hydroxyl groups is 8. The lowest BCUT2D eigenvalue weighted by atomic mass is 9.97. The molecule has 2 fully saturated rings. The van der Waals surface area contributed by atoms with Crippen molar-refractivity contribution in [2.75, 3.05) is 19.8 Å². The van der Waals surface area contributed by atoms with Gasteiger partial charge in [-0.2, -0.15) is 0 Å². The number of carbonyl (C=O) groups is 1. The third kappa shape index (κ3) is 42.4. The van der Waals surface area contributed by atoms with Crippen LogP contribution in [0.5, 0.6) is 0 Å². The maximum atomic E-state index is 13.3. The van der Waals surface area contributed by atoms with Gasteiger partial charge in [-0.15, -0.1) is 0 Å². The summed E-state index contributed by atoms with van der Waals surface area (Å²) in [4.78, 5) is 13.3. The SMILES string of the molecule is CCCCCCCCCCCCCCCCCCCCC/C=C/CC/C=C/C(O)C(COC1OC(CO)C(OC2OC(CO)C(O)C(O)C2O)C(O)C1O)NC(=O)CCCCCCCCCCCCCCCCCCCCCCCCCCCCCC. The summed E-state index contributed by atoms with van der Waals surface area (Å²) in [7, 11) is 0. The number of rotatable bonds is 62. The highest BCUT2D eigenvalue weighted by Crippen LogP contribution is 2.30. The van der Waals surface area contributed by atoms with Crippen LogP contribution in [0.4, 0.5) is 0 Å². The number of amides is 1. The van der Waals surface area contributed by atoms with E-state index in [2.05, 4.69) is 31.3 Å². The van der Waals surface area contributed by atoms with Crippen molar-refractivity contribution in [3.63, 3.8) is 0 Å². The van der Waals surface area contributed by atoms with Crippen LogP contribution in [-0.2, 0) is 23.7 Å². The van der Waals surface area contributed by atoms with Gasteiger partial charge in [0.2, 0.25) is 5.91 Å². The molecule has 2 saturated heterocycles. The third-order valence-electron chi connectivity index (χ3n) is 18.4. The topological polar surface area (TPSA) is 228 Å². The van der Waals surface area contributed by atoms with Crippen LogP contribution >= 0.6 is 0 Å². The number of allylic oxidation sites excluding steroid dienone is 3. The molecule has 2 aliphatic heterocycles. The fourth-order valence-corrected chi connectivity index (χ4v) is 12.5. The number of ether oxygens (including phenoxy) is 4. The van der Waals surface area contributed by atoms with E-state index in [1.165, 1.54) is 276 Å². The standard InChI is InChI=1S/C73H139NO13/c1-3-5-7-9-11-13-15-17-19-21-23-25-27-29-30-31-33-35-37-39-41-43-45-47-49-51-53-55-57-65(78)74-61(60-84-72-70(83)68(81)71(64(59-76)86-72)87-73-69(82)67(80)66(79)63(58-75)85-73)62(77)56-54-52-50-48-46-44-42-40-38-36-34-32-28-26-24-22-20-18-16-14-12-10-8-6-4-2/h46,48,54,56,61-64,66-73,75-77,79-83H,3-45,47,49-53,55,57-60H2,1-2H3,(H,74,78)/b48-46+,56-54+. The predicted octanol–water partition coefficient (Wildman–Crippen LogP) is 15.5.